The van der Waals surface area contributed by atoms with Crippen LogP contribution in [0.1, 0.15) is 21.7 Å². The molecule has 106 valence electrons. The van der Waals surface area contributed by atoms with Crippen LogP contribution in [0.4, 0.5) is 0 Å². The molecule has 2 aromatic heterocycles. The van der Waals surface area contributed by atoms with E-state index in [0.717, 1.165) is 5.56 Å². The van der Waals surface area contributed by atoms with E-state index >= 15 is 0 Å². The van der Waals surface area contributed by atoms with E-state index in [0.29, 0.717) is 11.0 Å². The molecule has 0 spiro atoms. The molecule has 0 aliphatic rings. The van der Waals surface area contributed by atoms with Crippen LogP contribution in [0.15, 0.2) is 51.8 Å². The zero-order valence-electron chi connectivity index (χ0n) is 11.4. The second kappa shape index (κ2) is 4.94. The maximum atomic E-state index is 11.9. The second-order valence-electron chi connectivity index (χ2n) is 4.87. The number of aromatic nitrogens is 1. The molecular weight excluding hydrogens is 270 g/mol. The van der Waals surface area contributed by atoms with Crippen molar-refractivity contribution in [2.45, 2.75) is 13.5 Å². The van der Waals surface area contributed by atoms with E-state index in [-0.39, 0.29) is 23.4 Å². The van der Waals surface area contributed by atoms with Crippen molar-refractivity contribution in [1.29, 1.82) is 0 Å². The van der Waals surface area contributed by atoms with Crippen LogP contribution in [-0.2, 0) is 6.54 Å². The molecule has 0 aliphatic carbocycles. The summed E-state index contributed by atoms with van der Waals surface area (Å²) in [7, 11) is 0. The van der Waals surface area contributed by atoms with Gasteiger partial charge in [0.15, 0.2) is 0 Å². The van der Waals surface area contributed by atoms with Gasteiger partial charge in [0, 0.05) is 17.6 Å². The lowest BCUT2D eigenvalue weighted by Gasteiger charge is -2.04. The molecule has 0 radical (unpaired) electrons. The smallest absolute Gasteiger partial charge is 0.339 e. The van der Waals surface area contributed by atoms with Crippen LogP contribution in [0.25, 0.3) is 11.0 Å². The summed E-state index contributed by atoms with van der Waals surface area (Å²) < 4.78 is 7.04. The van der Waals surface area contributed by atoms with E-state index in [4.69, 9.17) is 4.42 Å². The summed E-state index contributed by atoms with van der Waals surface area (Å²) in [6, 6.07) is 10.2. The number of fused-ring (bicyclic) bond motifs is 1. The molecule has 3 rings (SSSR count). The fraction of sp³-hybridized carbons (Fsp3) is 0.125. The van der Waals surface area contributed by atoms with Crippen LogP contribution in [-0.4, -0.2) is 15.6 Å². The molecule has 0 atom stereocenters. The van der Waals surface area contributed by atoms with E-state index < -0.39 is 5.97 Å². The highest BCUT2D eigenvalue weighted by Crippen LogP contribution is 2.26. The Balaban J connectivity index is 2.14. The predicted molar refractivity (Wildman–Crippen MR) is 77.7 cm³/mol. The number of carbonyl (C=O) groups is 1. The van der Waals surface area contributed by atoms with Gasteiger partial charge in [-0.3, -0.25) is 4.79 Å². The quantitative estimate of drug-likeness (QED) is 0.802. The van der Waals surface area contributed by atoms with Crippen LogP contribution >= 0.6 is 0 Å². The standard InChI is InChI=1S/C16H13NO4/c1-10-6-7-17(14(18)8-10)9-13-15(16(19)20)11-4-2-3-5-12(11)21-13/h2-8H,9H2,1H3,(H,19,20). The fourth-order valence-corrected chi connectivity index (χ4v) is 2.33. The van der Waals surface area contributed by atoms with E-state index in [1.807, 2.05) is 6.92 Å². The van der Waals surface area contributed by atoms with Crippen molar-refractivity contribution in [2.24, 2.45) is 0 Å². The number of pyridine rings is 1. The van der Waals surface area contributed by atoms with E-state index in [9.17, 15) is 14.7 Å². The summed E-state index contributed by atoms with van der Waals surface area (Å²) in [6.07, 6.45) is 1.64. The average Bonchev–Trinajstić information content (AvgIpc) is 2.80. The summed E-state index contributed by atoms with van der Waals surface area (Å²) in [5.41, 5.74) is 1.29. The van der Waals surface area contributed by atoms with Crippen LogP contribution < -0.4 is 5.56 Å². The minimum Gasteiger partial charge on any atom is -0.478 e. The summed E-state index contributed by atoms with van der Waals surface area (Å²) in [5, 5.41) is 9.94. The summed E-state index contributed by atoms with van der Waals surface area (Å²) in [6.45, 7) is 1.92. The Morgan fingerprint density at radius 3 is 2.76 bits per heavy atom. The number of furan rings is 1. The Kier molecular flexibility index (Phi) is 3.10. The average molecular weight is 283 g/mol. The van der Waals surface area contributed by atoms with Crippen LogP contribution in [0.5, 0.6) is 0 Å². The first-order valence-electron chi connectivity index (χ1n) is 6.47. The van der Waals surface area contributed by atoms with Crippen molar-refractivity contribution in [3.8, 4) is 0 Å². The maximum absolute atomic E-state index is 11.9. The number of hydrogen-bond donors (Lipinski definition) is 1. The number of rotatable bonds is 3. The Labute approximate surface area is 120 Å². The van der Waals surface area contributed by atoms with Gasteiger partial charge in [-0.15, -0.1) is 0 Å². The molecule has 0 amide bonds. The third-order valence-electron chi connectivity index (χ3n) is 3.35. The molecule has 0 saturated carbocycles. The van der Waals surface area contributed by atoms with Crippen LogP contribution in [0, 0.1) is 6.92 Å². The molecule has 0 fully saturated rings. The largest absolute Gasteiger partial charge is 0.478 e. The number of aromatic carboxylic acids is 1. The van der Waals surface area contributed by atoms with Gasteiger partial charge in [-0.1, -0.05) is 18.2 Å². The van der Waals surface area contributed by atoms with Gasteiger partial charge >= 0.3 is 5.97 Å². The lowest BCUT2D eigenvalue weighted by atomic mass is 10.1. The van der Waals surface area contributed by atoms with Crippen molar-refractivity contribution in [3.63, 3.8) is 0 Å². The monoisotopic (exact) mass is 283 g/mol. The first kappa shape index (κ1) is 13.2. The molecule has 0 saturated heterocycles. The topological polar surface area (TPSA) is 72.4 Å². The highest BCUT2D eigenvalue weighted by molar-refractivity contribution is 6.03. The van der Waals surface area contributed by atoms with Gasteiger partial charge in [0.2, 0.25) is 0 Å². The number of benzene rings is 1. The second-order valence-corrected chi connectivity index (χ2v) is 4.87. The minimum atomic E-state index is -1.06. The van der Waals surface area contributed by atoms with Gasteiger partial charge in [0.1, 0.15) is 16.9 Å². The zero-order valence-corrected chi connectivity index (χ0v) is 11.4. The SMILES string of the molecule is Cc1ccn(Cc2oc3ccccc3c2C(=O)O)c(=O)c1. The molecule has 21 heavy (non-hydrogen) atoms. The Hall–Kier alpha value is -2.82. The fourth-order valence-electron chi connectivity index (χ4n) is 2.33. The lowest BCUT2D eigenvalue weighted by molar-refractivity contribution is 0.0696. The summed E-state index contributed by atoms with van der Waals surface area (Å²) in [5.74, 6) is -0.787. The molecular formula is C16H13NO4. The number of hydrogen-bond acceptors (Lipinski definition) is 3. The highest BCUT2D eigenvalue weighted by Gasteiger charge is 2.20. The van der Waals surface area contributed by atoms with E-state index in [1.54, 1.807) is 36.5 Å². The minimum absolute atomic E-state index is 0.0927. The Bertz CT molecular complexity index is 889. The molecule has 3 aromatic rings. The van der Waals surface area contributed by atoms with Crippen molar-refractivity contribution < 1.29 is 14.3 Å². The van der Waals surface area contributed by atoms with Gasteiger partial charge < -0.3 is 14.1 Å². The molecule has 0 unspecified atom stereocenters. The number of carboxylic acids is 1. The first-order valence-corrected chi connectivity index (χ1v) is 6.47. The lowest BCUT2D eigenvalue weighted by Crippen LogP contribution is -2.20. The molecule has 1 aromatic carbocycles. The molecule has 5 heteroatoms. The summed E-state index contributed by atoms with van der Waals surface area (Å²) >= 11 is 0. The number of nitrogens with zero attached hydrogens (tertiary/aromatic N) is 1. The summed E-state index contributed by atoms with van der Waals surface area (Å²) in [4.78, 5) is 23.4. The third-order valence-corrected chi connectivity index (χ3v) is 3.35. The van der Waals surface area contributed by atoms with Crippen molar-refractivity contribution in [1.82, 2.24) is 4.57 Å². The number of para-hydroxylation sites is 1. The van der Waals surface area contributed by atoms with Crippen molar-refractivity contribution in [3.05, 3.63) is 69.8 Å². The van der Waals surface area contributed by atoms with Crippen LogP contribution in [0.3, 0.4) is 0 Å². The molecule has 2 heterocycles. The zero-order chi connectivity index (χ0) is 15.0. The van der Waals surface area contributed by atoms with Crippen molar-refractivity contribution in [2.75, 3.05) is 0 Å². The maximum Gasteiger partial charge on any atom is 0.339 e. The van der Waals surface area contributed by atoms with E-state index in [1.165, 1.54) is 10.6 Å². The van der Waals surface area contributed by atoms with Gasteiger partial charge in [0.05, 0.1) is 6.54 Å². The van der Waals surface area contributed by atoms with Gasteiger partial charge in [0.25, 0.3) is 5.56 Å². The Morgan fingerprint density at radius 2 is 2.05 bits per heavy atom. The predicted octanol–water partition coefficient (Wildman–Crippen LogP) is 2.65. The van der Waals surface area contributed by atoms with Crippen LogP contribution in [0.2, 0.25) is 0 Å². The first-order chi connectivity index (χ1) is 10.1. The van der Waals surface area contributed by atoms with Gasteiger partial charge in [-0.25, -0.2) is 4.79 Å². The molecule has 1 N–H and O–H groups in total. The van der Waals surface area contributed by atoms with Crippen molar-refractivity contribution >= 4 is 16.9 Å². The molecule has 5 nitrogen and oxygen atoms in total. The Morgan fingerprint density at radius 1 is 1.29 bits per heavy atom. The third kappa shape index (κ3) is 2.33. The normalized spacial score (nSPS) is 10.9. The van der Waals surface area contributed by atoms with Gasteiger partial charge in [-0.2, -0.15) is 0 Å². The highest BCUT2D eigenvalue weighted by atomic mass is 16.4. The van der Waals surface area contributed by atoms with E-state index in [2.05, 4.69) is 0 Å². The number of carboxylic acid groups (broad SMARTS) is 1. The molecule has 0 aliphatic heterocycles. The van der Waals surface area contributed by atoms with Gasteiger partial charge in [-0.05, 0) is 24.6 Å². The molecule has 0 bridgehead atoms. The number of aryl methyl sites for hydroxylation is 1.